The topological polar surface area (TPSA) is 90.7 Å². The van der Waals surface area contributed by atoms with Crippen molar-refractivity contribution < 1.29 is 13.2 Å². The molecule has 2 aromatic rings. The predicted octanol–water partition coefficient (Wildman–Crippen LogP) is 3.35. The molecule has 0 spiro atoms. The quantitative estimate of drug-likeness (QED) is 0.896. The third-order valence-corrected chi connectivity index (χ3v) is 3.65. The number of hydrogen-bond acceptors (Lipinski definition) is 5. The van der Waals surface area contributed by atoms with E-state index in [9.17, 15) is 13.2 Å². The summed E-state index contributed by atoms with van der Waals surface area (Å²) in [5, 5.41) is 0. The molecule has 0 aliphatic carbocycles. The first kappa shape index (κ1) is 17.7. The van der Waals surface area contributed by atoms with Crippen molar-refractivity contribution >= 4 is 17.8 Å². The molecule has 8 heteroatoms. The highest BCUT2D eigenvalue weighted by molar-refractivity contribution is 5.65. The monoisotopic (exact) mass is 337 g/mol. The maximum Gasteiger partial charge on any atom is 0.433 e. The Bertz CT molecular complexity index is 741. The van der Waals surface area contributed by atoms with Crippen LogP contribution in [0, 0.1) is 6.92 Å². The lowest BCUT2D eigenvalue weighted by Gasteiger charge is -2.21. The number of pyridine rings is 1. The van der Waals surface area contributed by atoms with E-state index >= 15 is 0 Å². The van der Waals surface area contributed by atoms with Gasteiger partial charge >= 0.3 is 6.18 Å². The van der Waals surface area contributed by atoms with E-state index in [1.807, 2.05) is 19.9 Å². The molecule has 0 fully saturated rings. The molecule has 0 bridgehead atoms. The third kappa shape index (κ3) is 3.81. The van der Waals surface area contributed by atoms with Crippen LogP contribution in [0.15, 0.2) is 24.4 Å². The Hall–Kier alpha value is -2.64. The van der Waals surface area contributed by atoms with Crippen LogP contribution in [0.2, 0.25) is 0 Å². The first-order valence-corrected chi connectivity index (χ1v) is 7.13. The van der Waals surface area contributed by atoms with E-state index in [1.54, 1.807) is 13.0 Å². The van der Waals surface area contributed by atoms with Gasteiger partial charge in [0, 0.05) is 17.2 Å². The molecule has 2 aromatic heterocycles. The summed E-state index contributed by atoms with van der Waals surface area (Å²) in [6.45, 7) is 5.47. The smallest absolute Gasteiger partial charge is 0.383 e. The summed E-state index contributed by atoms with van der Waals surface area (Å²) in [4.78, 5) is 11.4. The van der Waals surface area contributed by atoms with Crippen LogP contribution in [0.5, 0.6) is 0 Å². The van der Waals surface area contributed by atoms with Crippen molar-refractivity contribution in [3.63, 3.8) is 0 Å². The van der Waals surface area contributed by atoms with Gasteiger partial charge in [-0.3, -0.25) is 4.98 Å². The van der Waals surface area contributed by atoms with Crippen molar-refractivity contribution in [1.82, 2.24) is 15.0 Å². The second-order valence-corrected chi connectivity index (χ2v) is 5.95. The summed E-state index contributed by atoms with van der Waals surface area (Å²) in [5.74, 6) is 0.339. The number of allylic oxidation sites excluding steroid dienone is 1. The van der Waals surface area contributed by atoms with Gasteiger partial charge in [-0.25, -0.2) is 4.98 Å². The van der Waals surface area contributed by atoms with Gasteiger partial charge in [0.1, 0.15) is 11.5 Å². The van der Waals surface area contributed by atoms with Crippen LogP contribution < -0.4 is 11.5 Å². The van der Waals surface area contributed by atoms with Crippen LogP contribution >= 0.6 is 0 Å². The number of aromatic nitrogens is 3. The third-order valence-electron chi connectivity index (χ3n) is 3.65. The molecule has 0 saturated heterocycles. The number of hydrogen-bond donors (Lipinski definition) is 2. The number of nitrogens with two attached hydrogens (primary N) is 2. The Balaban J connectivity index is 2.31. The highest BCUT2D eigenvalue weighted by atomic mass is 19.4. The van der Waals surface area contributed by atoms with Crippen molar-refractivity contribution in [1.29, 1.82) is 0 Å². The number of rotatable bonds is 3. The number of alkyl halides is 3. The van der Waals surface area contributed by atoms with E-state index in [-0.39, 0.29) is 11.8 Å². The average molecular weight is 337 g/mol. The summed E-state index contributed by atoms with van der Waals surface area (Å²) in [5.41, 5.74) is 11.8. The van der Waals surface area contributed by atoms with Crippen molar-refractivity contribution in [2.24, 2.45) is 0 Å². The van der Waals surface area contributed by atoms with Gasteiger partial charge < -0.3 is 11.5 Å². The Morgan fingerprint density at radius 2 is 1.75 bits per heavy atom. The number of anilines is 2. The lowest BCUT2D eigenvalue weighted by atomic mass is 9.84. The summed E-state index contributed by atoms with van der Waals surface area (Å²) in [6, 6.07) is 2.38. The fraction of sp³-hybridized carbons (Fsp3) is 0.312. The van der Waals surface area contributed by atoms with Crippen LogP contribution in [-0.4, -0.2) is 15.0 Å². The fourth-order valence-corrected chi connectivity index (χ4v) is 2.16. The largest absolute Gasteiger partial charge is 0.433 e. The van der Waals surface area contributed by atoms with Crippen molar-refractivity contribution in [3.8, 4) is 0 Å². The van der Waals surface area contributed by atoms with Gasteiger partial charge in [0.2, 0.25) is 5.95 Å². The Labute approximate surface area is 137 Å². The molecular formula is C16H18F3N5. The van der Waals surface area contributed by atoms with E-state index < -0.39 is 17.3 Å². The Morgan fingerprint density at radius 3 is 2.25 bits per heavy atom. The van der Waals surface area contributed by atoms with E-state index in [2.05, 4.69) is 15.0 Å². The molecule has 2 heterocycles. The van der Waals surface area contributed by atoms with Crippen LogP contribution in [0.4, 0.5) is 24.9 Å². The lowest BCUT2D eigenvalue weighted by Crippen LogP contribution is -2.16. The minimum atomic E-state index is -4.45. The maximum atomic E-state index is 12.6. The number of nitrogens with zero attached hydrogens (tertiary/aromatic N) is 3. The molecule has 0 aliphatic rings. The van der Waals surface area contributed by atoms with Gasteiger partial charge in [-0.15, -0.1) is 0 Å². The normalized spacial score (nSPS) is 12.8. The summed E-state index contributed by atoms with van der Waals surface area (Å²) in [6.07, 6.45) is 0.325. The molecule has 2 rings (SSSR count). The number of halogens is 3. The van der Waals surface area contributed by atoms with E-state index in [0.717, 1.165) is 6.07 Å². The zero-order valence-electron chi connectivity index (χ0n) is 13.5. The minimum Gasteiger partial charge on any atom is -0.383 e. The number of aryl methyl sites for hydroxylation is 1. The lowest BCUT2D eigenvalue weighted by molar-refractivity contribution is -0.141. The van der Waals surface area contributed by atoms with Crippen LogP contribution in [0.25, 0.3) is 6.08 Å². The molecular weight excluding hydrogens is 319 g/mol. The molecule has 0 aliphatic heterocycles. The number of nitrogen functional groups attached to an aromatic ring is 2. The standard InChI is InChI=1S/C16H18F3N5/c1-9-11(13(20)24-14(21)23-9)6-7-15(2,3)10-4-5-12(22-8-10)16(17,18)19/h4-8H,1-3H3,(H4,20,21,23,24)/b7-6+. The van der Waals surface area contributed by atoms with Gasteiger partial charge in [-0.05, 0) is 18.6 Å². The summed E-state index contributed by atoms with van der Waals surface area (Å²) in [7, 11) is 0. The highest BCUT2D eigenvalue weighted by Crippen LogP contribution is 2.31. The minimum absolute atomic E-state index is 0.0911. The zero-order valence-corrected chi connectivity index (χ0v) is 13.5. The fourth-order valence-electron chi connectivity index (χ4n) is 2.16. The van der Waals surface area contributed by atoms with E-state index in [1.165, 1.54) is 12.3 Å². The second kappa shape index (κ2) is 6.10. The molecule has 128 valence electrons. The average Bonchev–Trinajstić information content (AvgIpc) is 2.45. The zero-order chi connectivity index (χ0) is 18.1. The SMILES string of the molecule is Cc1nc(N)nc(N)c1/C=C/C(C)(C)c1ccc(C(F)(F)F)nc1. The van der Waals surface area contributed by atoms with Gasteiger partial charge in [-0.1, -0.05) is 32.1 Å². The maximum absolute atomic E-state index is 12.6. The van der Waals surface area contributed by atoms with Crippen LogP contribution in [0.3, 0.4) is 0 Å². The van der Waals surface area contributed by atoms with Crippen molar-refractivity contribution in [2.75, 3.05) is 11.5 Å². The molecule has 0 saturated carbocycles. The Kier molecular flexibility index (Phi) is 4.50. The molecule has 0 atom stereocenters. The van der Waals surface area contributed by atoms with Crippen molar-refractivity contribution in [2.45, 2.75) is 32.4 Å². The molecule has 0 aromatic carbocycles. The molecule has 5 nitrogen and oxygen atoms in total. The van der Waals surface area contributed by atoms with E-state index in [0.29, 0.717) is 16.8 Å². The second-order valence-electron chi connectivity index (χ2n) is 5.95. The first-order valence-electron chi connectivity index (χ1n) is 7.13. The summed E-state index contributed by atoms with van der Waals surface area (Å²) < 4.78 is 37.8. The Morgan fingerprint density at radius 1 is 1.08 bits per heavy atom. The van der Waals surface area contributed by atoms with Gasteiger partial charge in [0.05, 0.1) is 5.69 Å². The van der Waals surface area contributed by atoms with Crippen molar-refractivity contribution in [3.05, 3.63) is 46.9 Å². The molecule has 4 N–H and O–H groups in total. The summed E-state index contributed by atoms with van der Waals surface area (Å²) >= 11 is 0. The van der Waals surface area contributed by atoms with Gasteiger partial charge in [0.25, 0.3) is 0 Å². The first-order chi connectivity index (χ1) is 11.0. The molecule has 0 radical (unpaired) electrons. The van der Waals surface area contributed by atoms with Gasteiger partial charge in [0.15, 0.2) is 0 Å². The molecule has 24 heavy (non-hydrogen) atoms. The van der Waals surface area contributed by atoms with E-state index in [4.69, 9.17) is 11.5 Å². The van der Waals surface area contributed by atoms with Gasteiger partial charge in [-0.2, -0.15) is 18.2 Å². The van der Waals surface area contributed by atoms with Crippen LogP contribution in [-0.2, 0) is 11.6 Å². The van der Waals surface area contributed by atoms with Crippen LogP contribution in [0.1, 0.15) is 36.4 Å². The highest BCUT2D eigenvalue weighted by Gasteiger charge is 2.32. The molecule has 0 amide bonds. The molecule has 0 unspecified atom stereocenters. The predicted molar refractivity (Wildman–Crippen MR) is 86.9 cm³/mol.